The van der Waals surface area contributed by atoms with Crippen molar-refractivity contribution < 1.29 is 28.6 Å². The average molecular weight is 572 g/mol. The molecule has 6 rings (SSSR count). The third-order valence-electron chi connectivity index (χ3n) is 8.49. The lowest BCUT2D eigenvalue weighted by Gasteiger charge is -2.39. The third kappa shape index (κ3) is 4.18. The molecule has 2 amide bonds. The number of halogens is 2. The molecule has 40 heavy (non-hydrogen) atoms. The van der Waals surface area contributed by atoms with Crippen molar-refractivity contribution in [2.24, 2.45) is 0 Å². The minimum Gasteiger partial charge on any atom is -0.507 e. The van der Waals surface area contributed by atoms with E-state index >= 15 is 4.39 Å². The molecule has 1 N–H and O–H groups in total. The van der Waals surface area contributed by atoms with Crippen LogP contribution < -0.4 is 9.64 Å². The van der Waals surface area contributed by atoms with Crippen LogP contribution in [0, 0.1) is 5.82 Å². The Balaban J connectivity index is 1.51. The van der Waals surface area contributed by atoms with E-state index in [4.69, 9.17) is 26.1 Å². The van der Waals surface area contributed by atoms with E-state index in [1.807, 2.05) is 18.9 Å². The number of rotatable bonds is 3. The van der Waals surface area contributed by atoms with Crippen LogP contribution in [0.15, 0.2) is 30.9 Å². The van der Waals surface area contributed by atoms with Crippen LogP contribution in [0.25, 0.3) is 11.3 Å². The van der Waals surface area contributed by atoms with Crippen molar-refractivity contribution in [3.05, 3.63) is 47.3 Å². The number of amides is 2. The Kier molecular flexibility index (Phi) is 6.84. The number of nitrogens with zero attached hydrogens (tertiary/aromatic N) is 5. The van der Waals surface area contributed by atoms with Gasteiger partial charge in [-0.25, -0.2) is 9.37 Å². The number of piperazine rings is 1. The number of aromatic hydroxyl groups is 1. The number of anilines is 1. The molecular formula is C28H31ClFN5O5. The Bertz CT molecular complexity index is 1370. The highest BCUT2D eigenvalue weighted by atomic mass is 35.5. The Hall–Kier alpha value is -3.41. The van der Waals surface area contributed by atoms with Crippen molar-refractivity contribution in [3.8, 4) is 22.8 Å². The number of likely N-dealkylation sites (N-methyl/N-ethyl adjacent to an activating group) is 1. The standard InChI is InChI=1S/C28H31ClFN5O5/c1-4-20(37)33-8-9-34-16(12-33)14-40-26-22(28(34)38)27(35-13-18-25(15(35)2)39-11-10-32(18)3)31-24(23(26)29)21-17(30)6-5-7-19(21)36/h4-7,15-16,18,25,36H,1,8-14H2,2-3H3/t15-,16+,18?,25?/m0/s1. The van der Waals surface area contributed by atoms with Crippen LogP contribution in [0.3, 0.4) is 0 Å². The van der Waals surface area contributed by atoms with Crippen LogP contribution in [0.5, 0.6) is 11.5 Å². The number of ether oxygens (including phenoxy) is 2. The number of carbonyl (C=O) groups is 2. The number of fused-ring (bicyclic) bond motifs is 3. The highest BCUT2D eigenvalue weighted by molar-refractivity contribution is 6.35. The van der Waals surface area contributed by atoms with E-state index in [0.29, 0.717) is 32.1 Å². The number of pyridine rings is 1. The molecule has 10 nitrogen and oxygen atoms in total. The van der Waals surface area contributed by atoms with Gasteiger partial charge in [-0.05, 0) is 32.2 Å². The summed E-state index contributed by atoms with van der Waals surface area (Å²) >= 11 is 6.84. The van der Waals surface area contributed by atoms with Gasteiger partial charge in [0.15, 0.2) is 5.75 Å². The second-order valence-corrected chi connectivity index (χ2v) is 11.0. The first-order valence-electron chi connectivity index (χ1n) is 13.4. The summed E-state index contributed by atoms with van der Waals surface area (Å²) in [6.07, 6.45) is 1.13. The molecule has 4 atom stereocenters. The second-order valence-electron chi connectivity index (χ2n) is 10.7. The molecule has 0 aliphatic carbocycles. The summed E-state index contributed by atoms with van der Waals surface area (Å²) in [5.41, 5.74) is -0.00261. The van der Waals surface area contributed by atoms with Crippen molar-refractivity contribution in [3.63, 3.8) is 0 Å². The minimum atomic E-state index is -0.706. The molecule has 4 aliphatic heterocycles. The van der Waals surface area contributed by atoms with Gasteiger partial charge < -0.3 is 29.3 Å². The van der Waals surface area contributed by atoms with Gasteiger partial charge in [-0.15, -0.1) is 0 Å². The third-order valence-corrected chi connectivity index (χ3v) is 8.84. The van der Waals surface area contributed by atoms with E-state index in [1.165, 1.54) is 24.3 Å². The monoisotopic (exact) mass is 571 g/mol. The molecule has 2 aromatic rings. The average Bonchev–Trinajstić information content (AvgIpc) is 3.21. The Labute approximate surface area is 236 Å². The fourth-order valence-electron chi connectivity index (χ4n) is 6.29. The predicted octanol–water partition coefficient (Wildman–Crippen LogP) is 2.39. The Morgan fingerprint density at radius 1 is 1.23 bits per heavy atom. The van der Waals surface area contributed by atoms with Gasteiger partial charge in [0.05, 0.1) is 36.4 Å². The van der Waals surface area contributed by atoms with Crippen LogP contribution in [-0.4, -0.2) is 114 Å². The maximum absolute atomic E-state index is 15.1. The fourth-order valence-corrected chi connectivity index (χ4v) is 6.57. The van der Waals surface area contributed by atoms with Crippen LogP contribution in [0.2, 0.25) is 5.02 Å². The zero-order chi connectivity index (χ0) is 28.3. The van der Waals surface area contributed by atoms with Gasteiger partial charge in [0.1, 0.15) is 40.3 Å². The van der Waals surface area contributed by atoms with Crippen LogP contribution in [0.1, 0.15) is 17.3 Å². The van der Waals surface area contributed by atoms with Gasteiger partial charge >= 0.3 is 0 Å². The molecule has 0 bridgehead atoms. The number of morpholine rings is 1. The molecule has 1 aromatic carbocycles. The molecule has 2 unspecified atom stereocenters. The largest absolute Gasteiger partial charge is 0.507 e. The van der Waals surface area contributed by atoms with Gasteiger partial charge in [0, 0.05) is 32.7 Å². The first-order valence-corrected chi connectivity index (χ1v) is 13.7. The summed E-state index contributed by atoms with van der Waals surface area (Å²) in [6, 6.07) is 3.42. The summed E-state index contributed by atoms with van der Waals surface area (Å²) in [6.45, 7) is 8.46. The first kappa shape index (κ1) is 26.8. The molecule has 12 heteroatoms. The summed E-state index contributed by atoms with van der Waals surface area (Å²) < 4.78 is 27.5. The number of phenolic OH excluding ortho intramolecular Hbond substituents is 1. The number of hydrogen-bond donors (Lipinski definition) is 1. The van der Waals surface area contributed by atoms with E-state index in [2.05, 4.69) is 11.5 Å². The maximum atomic E-state index is 15.1. The number of aromatic nitrogens is 1. The molecule has 212 valence electrons. The summed E-state index contributed by atoms with van der Waals surface area (Å²) in [7, 11) is 2.04. The molecule has 3 fully saturated rings. The van der Waals surface area contributed by atoms with Crippen molar-refractivity contribution in [1.29, 1.82) is 0 Å². The smallest absolute Gasteiger partial charge is 0.261 e. The molecule has 0 saturated carbocycles. The highest BCUT2D eigenvalue weighted by Crippen LogP contribution is 2.47. The van der Waals surface area contributed by atoms with Crippen LogP contribution in [0.4, 0.5) is 10.2 Å². The lowest BCUT2D eigenvalue weighted by molar-refractivity contribution is -0.128. The lowest BCUT2D eigenvalue weighted by atomic mass is 10.0. The van der Waals surface area contributed by atoms with Crippen molar-refractivity contribution >= 4 is 29.2 Å². The van der Waals surface area contributed by atoms with Crippen LogP contribution in [-0.2, 0) is 9.53 Å². The second kappa shape index (κ2) is 10.2. The fraction of sp³-hybridized carbons (Fsp3) is 0.464. The zero-order valence-electron chi connectivity index (χ0n) is 22.3. The number of benzene rings is 1. The molecule has 4 aliphatic rings. The van der Waals surface area contributed by atoms with Crippen molar-refractivity contribution in [1.82, 2.24) is 19.7 Å². The molecule has 0 spiro atoms. The Morgan fingerprint density at radius 3 is 2.75 bits per heavy atom. The van der Waals surface area contributed by atoms with E-state index < -0.39 is 11.9 Å². The van der Waals surface area contributed by atoms with Crippen molar-refractivity contribution in [2.45, 2.75) is 31.2 Å². The van der Waals surface area contributed by atoms with Gasteiger partial charge in [-0.3, -0.25) is 14.5 Å². The number of hydrogen-bond acceptors (Lipinski definition) is 8. The first-order chi connectivity index (χ1) is 19.2. The van der Waals surface area contributed by atoms with E-state index in [1.54, 1.807) is 9.80 Å². The zero-order valence-corrected chi connectivity index (χ0v) is 23.1. The van der Waals surface area contributed by atoms with Gasteiger partial charge in [0.25, 0.3) is 5.91 Å². The van der Waals surface area contributed by atoms with E-state index in [9.17, 15) is 14.7 Å². The van der Waals surface area contributed by atoms with Crippen LogP contribution >= 0.6 is 11.6 Å². The Morgan fingerprint density at radius 2 is 2.02 bits per heavy atom. The lowest BCUT2D eigenvalue weighted by Crippen LogP contribution is -2.57. The van der Waals surface area contributed by atoms with E-state index in [0.717, 1.165) is 6.54 Å². The quantitative estimate of drug-likeness (QED) is 0.561. The SMILES string of the molecule is C=CC(=O)N1CCN2C(=O)c3c(N4CC5C(OCCN5C)[C@@H]4C)nc(-c4c(O)cccc4F)c(Cl)c3OC[C@H]2C1. The van der Waals surface area contributed by atoms with Gasteiger partial charge in [-0.2, -0.15) is 0 Å². The molecule has 1 aromatic heterocycles. The predicted molar refractivity (Wildman–Crippen MR) is 146 cm³/mol. The van der Waals surface area contributed by atoms with Gasteiger partial charge in [-0.1, -0.05) is 24.2 Å². The minimum absolute atomic E-state index is 0.0153. The number of phenols is 1. The number of carbonyl (C=O) groups excluding carboxylic acids is 2. The normalized spacial score (nSPS) is 26.5. The summed E-state index contributed by atoms with van der Waals surface area (Å²) in [5.74, 6) is -1.20. The molecular weight excluding hydrogens is 541 g/mol. The summed E-state index contributed by atoms with van der Waals surface area (Å²) in [5, 5.41) is 10.6. The van der Waals surface area contributed by atoms with Crippen molar-refractivity contribution in [2.75, 3.05) is 57.9 Å². The maximum Gasteiger partial charge on any atom is 0.261 e. The topological polar surface area (TPSA) is 98.7 Å². The molecule has 0 radical (unpaired) electrons. The molecule has 5 heterocycles. The van der Waals surface area contributed by atoms with Gasteiger partial charge in [0.2, 0.25) is 5.91 Å². The van der Waals surface area contributed by atoms with E-state index in [-0.39, 0.29) is 76.5 Å². The summed E-state index contributed by atoms with van der Waals surface area (Å²) in [4.78, 5) is 38.9. The highest BCUT2D eigenvalue weighted by Gasteiger charge is 2.48. The molecule has 3 saturated heterocycles.